The van der Waals surface area contributed by atoms with Gasteiger partial charge in [-0.05, 0) is 0 Å². The Bertz CT molecular complexity index is 276. The fourth-order valence-electron chi connectivity index (χ4n) is 0.705. The maximum absolute atomic E-state index is 12.4. The Labute approximate surface area is 64.5 Å². The highest BCUT2D eigenvalue weighted by Gasteiger charge is 2.37. The van der Waals surface area contributed by atoms with Gasteiger partial charge in [0.05, 0.1) is 12.4 Å². The molecule has 1 aromatic rings. The molecule has 0 atom stereocenters. The lowest BCUT2D eigenvalue weighted by atomic mass is 10.2. The lowest BCUT2D eigenvalue weighted by molar-refractivity contribution is -0.141. The van der Waals surface area contributed by atoms with Crippen molar-refractivity contribution in [2.45, 2.75) is 6.18 Å². The fraction of sp³-hybridized carbons (Fsp3) is 0.167. The molecule has 0 saturated heterocycles. The summed E-state index contributed by atoms with van der Waals surface area (Å²) in [7, 11) is 0. The van der Waals surface area contributed by atoms with E-state index >= 15 is 0 Å². The number of hydrogen-bond donors (Lipinski definition) is 1. The molecule has 1 heterocycles. The van der Waals surface area contributed by atoms with E-state index in [1.165, 1.54) is 0 Å². The summed E-state index contributed by atoms with van der Waals surface area (Å²) < 4.78 is 48.0. The highest BCUT2D eigenvalue weighted by molar-refractivity contribution is 5.32. The van der Waals surface area contributed by atoms with Crippen molar-refractivity contribution in [1.29, 1.82) is 0 Å². The average Bonchev–Trinajstić information content (AvgIpc) is 1.82. The van der Waals surface area contributed by atoms with Crippen LogP contribution in [0.15, 0.2) is 12.4 Å². The smallest absolute Gasteiger partial charge is 0.422 e. The first-order valence-electron chi connectivity index (χ1n) is 2.82. The summed E-state index contributed by atoms with van der Waals surface area (Å²) in [5, 5.41) is 8.60. The van der Waals surface area contributed by atoms with Crippen LogP contribution < -0.4 is 0 Å². The van der Waals surface area contributed by atoms with Crippen molar-refractivity contribution in [2.24, 2.45) is 0 Å². The fourth-order valence-corrected chi connectivity index (χ4v) is 0.705. The molecular weight excluding hydrogens is 178 g/mol. The van der Waals surface area contributed by atoms with Gasteiger partial charge in [0, 0.05) is 0 Å². The van der Waals surface area contributed by atoms with Crippen LogP contribution in [0.25, 0.3) is 0 Å². The minimum absolute atomic E-state index is 0.391. The SMILES string of the molecule is Oc1cncc(F)c1C(F)(F)F. The van der Waals surface area contributed by atoms with Crippen molar-refractivity contribution in [3.8, 4) is 5.75 Å². The van der Waals surface area contributed by atoms with Gasteiger partial charge in [0.15, 0.2) is 5.82 Å². The Morgan fingerprint density at radius 3 is 2.17 bits per heavy atom. The van der Waals surface area contributed by atoms with Crippen molar-refractivity contribution < 1.29 is 22.7 Å². The van der Waals surface area contributed by atoms with Crippen molar-refractivity contribution in [1.82, 2.24) is 4.98 Å². The number of alkyl halides is 3. The van der Waals surface area contributed by atoms with Gasteiger partial charge in [-0.15, -0.1) is 0 Å². The van der Waals surface area contributed by atoms with Gasteiger partial charge in [0.1, 0.15) is 11.3 Å². The third-order valence-corrected chi connectivity index (χ3v) is 1.16. The van der Waals surface area contributed by atoms with Crippen LogP contribution in [0.2, 0.25) is 0 Å². The zero-order valence-electron chi connectivity index (χ0n) is 5.56. The number of aromatic hydroxyl groups is 1. The van der Waals surface area contributed by atoms with E-state index in [2.05, 4.69) is 4.98 Å². The quantitative estimate of drug-likeness (QED) is 0.620. The van der Waals surface area contributed by atoms with Crippen molar-refractivity contribution in [3.63, 3.8) is 0 Å². The lowest BCUT2D eigenvalue weighted by Gasteiger charge is -2.08. The Morgan fingerprint density at radius 1 is 1.25 bits per heavy atom. The number of halogens is 4. The molecule has 0 aromatic carbocycles. The number of rotatable bonds is 0. The van der Waals surface area contributed by atoms with Crippen molar-refractivity contribution in [3.05, 3.63) is 23.8 Å². The first-order chi connectivity index (χ1) is 5.43. The maximum atomic E-state index is 12.4. The third kappa shape index (κ3) is 1.46. The van der Waals surface area contributed by atoms with Crippen LogP contribution in [-0.2, 0) is 6.18 Å². The normalized spacial score (nSPS) is 11.7. The summed E-state index contributed by atoms with van der Waals surface area (Å²) in [5.74, 6) is -2.79. The topological polar surface area (TPSA) is 33.1 Å². The Morgan fingerprint density at radius 2 is 1.83 bits per heavy atom. The second-order valence-electron chi connectivity index (χ2n) is 2.01. The van der Waals surface area contributed by atoms with Crippen molar-refractivity contribution >= 4 is 0 Å². The zero-order valence-corrected chi connectivity index (χ0v) is 5.56. The van der Waals surface area contributed by atoms with Crippen LogP contribution in [0, 0.1) is 5.82 Å². The second-order valence-corrected chi connectivity index (χ2v) is 2.01. The minimum atomic E-state index is -4.89. The number of pyridine rings is 1. The molecule has 0 unspecified atom stereocenters. The van der Waals surface area contributed by atoms with E-state index in [0.717, 1.165) is 0 Å². The van der Waals surface area contributed by atoms with Crippen LogP contribution in [-0.4, -0.2) is 10.1 Å². The largest absolute Gasteiger partial charge is 0.506 e. The molecule has 0 radical (unpaired) electrons. The van der Waals surface area contributed by atoms with Crippen LogP contribution in [0.3, 0.4) is 0 Å². The average molecular weight is 181 g/mol. The predicted molar refractivity (Wildman–Crippen MR) is 30.9 cm³/mol. The van der Waals surface area contributed by atoms with Gasteiger partial charge in [-0.1, -0.05) is 0 Å². The van der Waals surface area contributed by atoms with E-state index in [4.69, 9.17) is 5.11 Å². The maximum Gasteiger partial charge on any atom is 0.422 e. The van der Waals surface area contributed by atoms with Crippen molar-refractivity contribution in [2.75, 3.05) is 0 Å². The molecule has 0 spiro atoms. The van der Waals surface area contributed by atoms with Gasteiger partial charge in [-0.3, -0.25) is 4.98 Å². The van der Waals surface area contributed by atoms with E-state index in [-0.39, 0.29) is 0 Å². The summed E-state index contributed by atoms with van der Waals surface area (Å²) in [6.45, 7) is 0. The van der Waals surface area contributed by atoms with E-state index < -0.39 is 23.3 Å². The van der Waals surface area contributed by atoms with Crippen LogP contribution in [0.1, 0.15) is 5.56 Å². The molecule has 0 aliphatic carbocycles. The Balaban J connectivity index is 3.31. The second kappa shape index (κ2) is 2.62. The molecule has 66 valence electrons. The van der Waals surface area contributed by atoms with Crippen LogP contribution >= 0.6 is 0 Å². The lowest BCUT2D eigenvalue weighted by Crippen LogP contribution is -2.08. The monoisotopic (exact) mass is 181 g/mol. The summed E-state index contributed by atoms with van der Waals surface area (Å²) in [4.78, 5) is 3.03. The first kappa shape index (κ1) is 8.76. The molecule has 2 nitrogen and oxygen atoms in total. The summed E-state index contributed by atoms with van der Waals surface area (Å²) in [6, 6.07) is 0. The highest BCUT2D eigenvalue weighted by Crippen LogP contribution is 2.36. The van der Waals surface area contributed by atoms with Gasteiger partial charge in [-0.2, -0.15) is 13.2 Å². The number of nitrogens with zero attached hydrogens (tertiary/aromatic N) is 1. The van der Waals surface area contributed by atoms with E-state index in [1.54, 1.807) is 0 Å². The predicted octanol–water partition coefficient (Wildman–Crippen LogP) is 1.95. The molecule has 0 bridgehead atoms. The molecule has 0 amide bonds. The summed E-state index contributed by atoms with van der Waals surface area (Å²) in [6.07, 6.45) is -3.97. The molecule has 0 aliphatic heterocycles. The standard InChI is InChI=1S/C6H3F4NO/c7-3-1-11-2-4(12)5(3)6(8,9)10/h1-2,12H. The molecule has 1 aromatic heterocycles. The highest BCUT2D eigenvalue weighted by atomic mass is 19.4. The summed E-state index contributed by atoms with van der Waals surface area (Å²) >= 11 is 0. The Kier molecular flexibility index (Phi) is 1.91. The molecule has 0 fully saturated rings. The molecular formula is C6H3F4NO. The summed E-state index contributed by atoms with van der Waals surface area (Å²) in [5.41, 5.74) is -1.68. The molecule has 12 heavy (non-hydrogen) atoms. The third-order valence-electron chi connectivity index (χ3n) is 1.16. The van der Waals surface area contributed by atoms with E-state index in [9.17, 15) is 17.6 Å². The van der Waals surface area contributed by atoms with E-state index in [0.29, 0.717) is 12.4 Å². The molecule has 0 saturated carbocycles. The number of hydrogen-bond acceptors (Lipinski definition) is 2. The van der Waals surface area contributed by atoms with Crippen LogP contribution in [0.4, 0.5) is 17.6 Å². The first-order valence-corrected chi connectivity index (χ1v) is 2.82. The van der Waals surface area contributed by atoms with Gasteiger partial charge in [-0.25, -0.2) is 4.39 Å². The Hall–Kier alpha value is -1.33. The molecule has 6 heteroatoms. The van der Waals surface area contributed by atoms with Gasteiger partial charge in [0.2, 0.25) is 0 Å². The van der Waals surface area contributed by atoms with Gasteiger partial charge < -0.3 is 5.11 Å². The number of aromatic nitrogens is 1. The molecule has 1 N–H and O–H groups in total. The van der Waals surface area contributed by atoms with Gasteiger partial charge >= 0.3 is 6.18 Å². The van der Waals surface area contributed by atoms with Crippen LogP contribution in [0.5, 0.6) is 5.75 Å². The van der Waals surface area contributed by atoms with Gasteiger partial charge in [0.25, 0.3) is 0 Å². The zero-order chi connectivity index (χ0) is 9.35. The minimum Gasteiger partial charge on any atom is -0.506 e. The van der Waals surface area contributed by atoms with E-state index in [1.807, 2.05) is 0 Å². The molecule has 1 rings (SSSR count). The molecule has 0 aliphatic rings.